The summed E-state index contributed by atoms with van der Waals surface area (Å²) in [6.45, 7) is 6.43. The van der Waals surface area contributed by atoms with Gasteiger partial charge in [0.15, 0.2) is 0 Å². The van der Waals surface area contributed by atoms with Gasteiger partial charge in [0.1, 0.15) is 5.82 Å². The number of aromatic nitrogens is 3. The molecule has 1 aromatic carbocycles. The standard InChI is InChI=1S/C21H25N5/c1-15(8-16-4-3-7-22-11-16)25-21-10-19-9-17(5-6-18(19)12-24-21)20-13-23-14-26(20)2/h5-6,9-10,12-14,16,22H,1,3-4,7-8,11H2,2H3,(H,24,25). The first-order chi connectivity index (χ1) is 12.7. The van der Waals surface area contributed by atoms with Crippen LogP contribution in [0.15, 0.2) is 55.3 Å². The van der Waals surface area contributed by atoms with Crippen LogP contribution >= 0.6 is 0 Å². The highest BCUT2D eigenvalue weighted by atomic mass is 15.0. The van der Waals surface area contributed by atoms with E-state index in [1.54, 1.807) is 0 Å². The first-order valence-electron chi connectivity index (χ1n) is 9.21. The molecule has 1 atom stereocenters. The molecule has 1 fully saturated rings. The molecule has 4 rings (SSSR count). The Kier molecular flexibility index (Phi) is 4.71. The fourth-order valence-electron chi connectivity index (χ4n) is 3.68. The van der Waals surface area contributed by atoms with Crippen LogP contribution < -0.4 is 10.6 Å². The van der Waals surface area contributed by atoms with Crippen LogP contribution in [0, 0.1) is 5.92 Å². The molecule has 0 aliphatic carbocycles. The van der Waals surface area contributed by atoms with Gasteiger partial charge in [-0.2, -0.15) is 0 Å². The average Bonchev–Trinajstić information content (AvgIpc) is 3.08. The van der Waals surface area contributed by atoms with Crippen LogP contribution in [0.3, 0.4) is 0 Å². The van der Waals surface area contributed by atoms with E-state index in [2.05, 4.69) is 51.4 Å². The molecule has 1 unspecified atom stereocenters. The predicted octanol–water partition coefficient (Wildman–Crippen LogP) is 3.95. The van der Waals surface area contributed by atoms with E-state index in [9.17, 15) is 0 Å². The van der Waals surface area contributed by atoms with E-state index in [4.69, 9.17) is 0 Å². The Hall–Kier alpha value is -2.66. The second kappa shape index (κ2) is 7.30. The van der Waals surface area contributed by atoms with E-state index in [0.29, 0.717) is 5.92 Å². The number of allylic oxidation sites excluding steroid dienone is 1. The molecule has 1 aliphatic heterocycles. The van der Waals surface area contributed by atoms with Gasteiger partial charge in [-0.25, -0.2) is 9.97 Å². The van der Waals surface area contributed by atoms with Gasteiger partial charge in [-0.05, 0) is 55.8 Å². The highest BCUT2D eigenvalue weighted by Crippen LogP contribution is 2.26. The van der Waals surface area contributed by atoms with E-state index < -0.39 is 0 Å². The fourth-order valence-corrected chi connectivity index (χ4v) is 3.68. The number of piperidine rings is 1. The van der Waals surface area contributed by atoms with Crippen LogP contribution in [0.1, 0.15) is 19.3 Å². The first kappa shape index (κ1) is 16.8. The van der Waals surface area contributed by atoms with Gasteiger partial charge in [-0.1, -0.05) is 18.7 Å². The lowest BCUT2D eigenvalue weighted by molar-refractivity contribution is 0.376. The van der Waals surface area contributed by atoms with Crippen molar-refractivity contribution in [2.45, 2.75) is 19.3 Å². The molecule has 0 amide bonds. The molecule has 0 spiro atoms. The number of pyridine rings is 1. The molecule has 0 bridgehead atoms. The molecule has 0 saturated carbocycles. The number of hydrogen-bond donors (Lipinski definition) is 2. The molecule has 5 nitrogen and oxygen atoms in total. The maximum absolute atomic E-state index is 4.54. The number of nitrogens with zero attached hydrogens (tertiary/aromatic N) is 3. The Labute approximate surface area is 154 Å². The molecule has 1 aliphatic rings. The third-order valence-corrected chi connectivity index (χ3v) is 5.07. The van der Waals surface area contributed by atoms with Crippen molar-refractivity contribution in [3.05, 3.63) is 55.3 Å². The maximum Gasteiger partial charge on any atom is 0.130 e. The summed E-state index contributed by atoms with van der Waals surface area (Å²) in [6.07, 6.45) is 9.14. The monoisotopic (exact) mass is 347 g/mol. The number of anilines is 1. The average molecular weight is 347 g/mol. The minimum absolute atomic E-state index is 0.667. The molecule has 2 N–H and O–H groups in total. The zero-order valence-corrected chi connectivity index (χ0v) is 15.2. The normalized spacial score (nSPS) is 17.3. The molecule has 5 heteroatoms. The summed E-state index contributed by atoms with van der Waals surface area (Å²) < 4.78 is 2.03. The number of fused-ring (bicyclic) bond motifs is 1. The van der Waals surface area contributed by atoms with E-state index in [1.807, 2.05) is 30.3 Å². The van der Waals surface area contributed by atoms with E-state index in [-0.39, 0.29) is 0 Å². The van der Waals surface area contributed by atoms with Crippen molar-refractivity contribution >= 4 is 16.6 Å². The highest BCUT2D eigenvalue weighted by Gasteiger charge is 2.14. The molecule has 3 aromatic rings. The molecular formula is C21H25N5. The summed E-state index contributed by atoms with van der Waals surface area (Å²) in [7, 11) is 2.01. The van der Waals surface area contributed by atoms with Crippen LogP contribution in [0.4, 0.5) is 5.82 Å². The summed E-state index contributed by atoms with van der Waals surface area (Å²) in [4.78, 5) is 8.76. The second-order valence-corrected chi connectivity index (χ2v) is 7.17. The Morgan fingerprint density at radius 1 is 1.31 bits per heavy atom. The Morgan fingerprint density at radius 3 is 3.00 bits per heavy atom. The number of imidazole rings is 1. The fraction of sp³-hybridized carbons (Fsp3) is 0.333. The third kappa shape index (κ3) is 3.63. The summed E-state index contributed by atoms with van der Waals surface area (Å²) >= 11 is 0. The summed E-state index contributed by atoms with van der Waals surface area (Å²) in [5.74, 6) is 1.52. The quantitative estimate of drug-likeness (QED) is 0.734. The highest BCUT2D eigenvalue weighted by molar-refractivity contribution is 5.88. The third-order valence-electron chi connectivity index (χ3n) is 5.07. The van der Waals surface area contributed by atoms with Gasteiger partial charge in [0.05, 0.1) is 18.2 Å². The van der Waals surface area contributed by atoms with Crippen molar-refractivity contribution in [2.75, 3.05) is 18.4 Å². The lowest BCUT2D eigenvalue weighted by Gasteiger charge is -2.23. The van der Waals surface area contributed by atoms with Gasteiger partial charge < -0.3 is 15.2 Å². The molecule has 26 heavy (non-hydrogen) atoms. The van der Waals surface area contributed by atoms with Gasteiger partial charge in [-0.3, -0.25) is 0 Å². The van der Waals surface area contributed by atoms with Gasteiger partial charge in [0.25, 0.3) is 0 Å². The van der Waals surface area contributed by atoms with Crippen LogP contribution in [0.2, 0.25) is 0 Å². The van der Waals surface area contributed by atoms with Gasteiger partial charge >= 0.3 is 0 Å². The van der Waals surface area contributed by atoms with Crippen molar-refractivity contribution in [3.63, 3.8) is 0 Å². The lowest BCUT2D eigenvalue weighted by atomic mass is 9.95. The van der Waals surface area contributed by atoms with E-state index >= 15 is 0 Å². The first-order valence-corrected chi connectivity index (χ1v) is 9.21. The molecular weight excluding hydrogens is 322 g/mol. The second-order valence-electron chi connectivity index (χ2n) is 7.17. The van der Waals surface area contributed by atoms with E-state index in [0.717, 1.165) is 53.1 Å². The molecule has 134 valence electrons. The SMILES string of the molecule is C=C(CC1CCCNC1)Nc1cc2cc(-c3cncn3C)ccc2cn1. The number of rotatable bonds is 5. The minimum atomic E-state index is 0.667. The van der Waals surface area contributed by atoms with Crippen molar-refractivity contribution < 1.29 is 0 Å². The molecule has 1 saturated heterocycles. The lowest BCUT2D eigenvalue weighted by Crippen LogP contribution is -2.30. The van der Waals surface area contributed by atoms with Crippen molar-refractivity contribution in [3.8, 4) is 11.3 Å². The number of hydrogen-bond acceptors (Lipinski definition) is 4. The molecule has 2 aromatic heterocycles. The van der Waals surface area contributed by atoms with Crippen LogP contribution in [0.5, 0.6) is 0 Å². The number of aryl methyl sites for hydroxylation is 1. The van der Waals surface area contributed by atoms with E-state index in [1.165, 1.54) is 12.8 Å². The Bertz CT molecular complexity index is 921. The topological polar surface area (TPSA) is 54.8 Å². The maximum atomic E-state index is 4.54. The molecule has 3 heterocycles. The zero-order chi connectivity index (χ0) is 17.9. The van der Waals surface area contributed by atoms with Crippen LogP contribution in [-0.4, -0.2) is 27.6 Å². The van der Waals surface area contributed by atoms with Gasteiger partial charge in [0, 0.05) is 29.9 Å². The summed E-state index contributed by atoms with van der Waals surface area (Å²) in [6, 6.07) is 8.51. The van der Waals surface area contributed by atoms with Gasteiger partial charge in [0.2, 0.25) is 0 Å². The van der Waals surface area contributed by atoms with Gasteiger partial charge in [-0.15, -0.1) is 0 Å². The van der Waals surface area contributed by atoms with Crippen molar-refractivity contribution in [1.29, 1.82) is 0 Å². The Balaban J connectivity index is 1.52. The number of nitrogens with one attached hydrogen (secondary N) is 2. The number of benzene rings is 1. The summed E-state index contributed by atoms with van der Waals surface area (Å²) in [5.41, 5.74) is 3.29. The smallest absolute Gasteiger partial charge is 0.130 e. The van der Waals surface area contributed by atoms with Crippen molar-refractivity contribution in [1.82, 2.24) is 19.9 Å². The Morgan fingerprint density at radius 2 is 2.23 bits per heavy atom. The predicted molar refractivity (Wildman–Crippen MR) is 107 cm³/mol. The van der Waals surface area contributed by atoms with Crippen molar-refractivity contribution in [2.24, 2.45) is 13.0 Å². The minimum Gasteiger partial charge on any atom is -0.344 e. The largest absolute Gasteiger partial charge is 0.344 e. The molecule has 0 radical (unpaired) electrons. The zero-order valence-electron chi connectivity index (χ0n) is 15.2. The van der Waals surface area contributed by atoms with Crippen LogP contribution in [0.25, 0.3) is 22.0 Å². The van der Waals surface area contributed by atoms with Crippen LogP contribution in [-0.2, 0) is 7.05 Å². The summed E-state index contributed by atoms with van der Waals surface area (Å²) in [5, 5.41) is 9.15.